The molecule has 2 aromatic carbocycles. The Morgan fingerprint density at radius 3 is 2.71 bits per heavy atom. The highest BCUT2D eigenvalue weighted by molar-refractivity contribution is 5.88. The van der Waals surface area contributed by atoms with E-state index in [0.29, 0.717) is 11.7 Å². The van der Waals surface area contributed by atoms with E-state index >= 15 is 0 Å². The predicted molar refractivity (Wildman–Crippen MR) is 84.6 cm³/mol. The predicted octanol–water partition coefficient (Wildman–Crippen LogP) is 4.13. The van der Waals surface area contributed by atoms with Crippen LogP contribution >= 0.6 is 0 Å². The summed E-state index contributed by atoms with van der Waals surface area (Å²) in [5.74, 6) is 0.779. The summed E-state index contributed by atoms with van der Waals surface area (Å²) in [6.45, 7) is 4.27. The van der Waals surface area contributed by atoms with Crippen molar-refractivity contribution in [2.75, 3.05) is 0 Å². The quantitative estimate of drug-likeness (QED) is 0.763. The van der Waals surface area contributed by atoms with Crippen molar-refractivity contribution in [1.82, 2.24) is 0 Å². The van der Waals surface area contributed by atoms with E-state index in [1.54, 1.807) is 6.07 Å². The molecule has 2 aliphatic rings. The smallest absolute Gasteiger partial charge is 0.116 e. The second-order valence-electron chi connectivity index (χ2n) is 7.32. The molecule has 2 nitrogen and oxygen atoms in total. The fourth-order valence-electron chi connectivity index (χ4n) is 4.74. The van der Waals surface area contributed by atoms with Gasteiger partial charge in [0.1, 0.15) is 5.75 Å². The Hall–Kier alpha value is -1.54. The molecule has 0 aliphatic heterocycles. The number of fused-ring (bicyclic) bond motifs is 5. The highest BCUT2D eigenvalue weighted by Gasteiger charge is 2.55. The summed E-state index contributed by atoms with van der Waals surface area (Å²) in [6, 6.07) is 10.0. The Kier molecular flexibility index (Phi) is 2.51. The molecule has 3 atom stereocenters. The molecule has 0 bridgehead atoms. The molecule has 0 saturated heterocycles. The lowest BCUT2D eigenvalue weighted by Crippen LogP contribution is -2.44. The largest absolute Gasteiger partial charge is 0.508 e. The lowest BCUT2D eigenvalue weighted by atomic mass is 9.62. The first-order valence-electron chi connectivity index (χ1n) is 7.89. The van der Waals surface area contributed by atoms with Gasteiger partial charge in [0.05, 0.1) is 5.60 Å². The molecule has 2 heteroatoms. The van der Waals surface area contributed by atoms with Gasteiger partial charge in [-0.05, 0) is 72.6 Å². The molecule has 0 unspecified atom stereocenters. The van der Waals surface area contributed by atoms with Crippen molar-refractivity contribution >= 4 is 10.8 Å². The standard InChI is InChI=1S/C19H22O2/c1-18-9-7-15-14-6-4-13(20)11-12(14)3-5-16(15)17(18)8-10-19(18,2)21/h3-6,11,17,20-21H,7-10H2,1-2H3/t17-,18+,19-/m1/s1. The summed E-state index contributed by atoms with van der Waals surface area (Å²) in [4.78, 5) is 0. The van der Waals surface area contributed by atoms with Crippen LogP contribution in [0.5, 0.6) is 5.75 Å². The van der Waals surface area contributed by atoms with Gasteiger partial charge in [-0.2, -0.15) is 0 Å². The normalized spacial score (nSPS) is 34.7. The second kappa shape index (κ2) is 4.01. The van der Waals surface area contributed by atoms with Gasteiger partial charge in [0.15, 0.2) is 0 Å². The first kappa shape index (κ1) is 13.1. The molecule has 0 aromatic heterocycles. The minimum Gasteiger partial charge on any atom is -0.508 e. The van der Waals surface area contributed by atoms with Crippen LogP contribution in [0.2, 0.25) is 0 Å². The summed E-state index contributed by atoms with van der Waals surface area (Å²) >= 11 is 0. The molecule has 0 spiro atoms. The van der Waals surface area contributed by atoms with Crippen LogP contribution in [0.15, 0.2) is 30.3 Å². The van der Waals surface area contributed by atoms with Gasteiger partial charge in [0.25, 0.3) is 0 Å². The van der Waals surface area contributed by atoms with Crippen molar-refractivity contribution in [2.45, 2.75) is 51.0 Å². The average molecular weight is 282 g/mol. The maximum atomic E-state index is 10.8. The van der Waals surface area contributed by atoms with Gasteiger partial charge in [0.2, 0.25) is 0 Å². The van der Waals surface area contributed by atoms with E-state index in [4.69, 9.17) is 0 Å². The Labute approximate surface area is 125 Å². The number of phenolic OH excluding ortho intramolecular Hbond substituents is 1. The third kappa shape index (κ3) is 1.63. The number of benzene rings is 2. The Bertz CT molecular complexity index is 732. The fourth-order valence-corrected chi connectivity index (χ4v) is 4.74. The Morgan fingerprint density at radius 1 is 1.10 bits per heavy atom. The van der Waals surface area contributed by atoms with Crippen LogP contribution in [0.3, 0.4) is 0 Å². The van der Waals surface area contributed by atoms with Crippen LogP contribution < -0.4 is 0 Å². The number of aryl methyl sites for hydroxylation is 1. The van der Waals surface area contributed by atoms with Gasteiger partial charge in [-0.3, -0.25) is 0 Å². The molecule has 2 aliphatic carbocycles. The zero-order valence-electron chi connectivity index (χ0n) is 12.7. The number of rotatable bonds is 0. The van der Waals surface area contributed by atoms with E-state index in [2.05, 4.69) is 19.1 Å². The van der Waals surface area contributed by atoms with E-state index < -0.39 is 5.60 Å². The molecule has 110 valence electrons. The molecule has 0 radical (unpaired) electrons. The van der Waals surface area contributed by atoms with Crippen LogP contribution in [-0.2, 0) is 6.42 Å². The van der Waals surface area contributed by atoms with E-state index in [0.717, 1.165) is 31.1 Å². The summed E-state index contributed by atoms with van der Waals surface area (Å²) in [5.41, 5.74) is 2.27. The molecule has 2 N–H and O–H groups in total. The van der Waals surface area contributed by atoms with E-state index in [9.17, 15) is 10.2 Å². The van der Waals surface area contributed by atoms with E-state index in [1.807, 2.05) is 19.1 Å². The van der Waals surface area contributed by atoms with E-state index in [1.165, 1.54) is 16.5 Å². The minimum absolute atomic E-state index is 0.00933. The third-order valence-corrected chi connectivity index (χ3v) is 6.34. The number of aliphatic hydroxyl groups is 1. The third-order valence-electron chi connectivity index (χ3n) is 6.34. The molecule has 0 heterocycles. The van der Waals surface area contributed by atoms with E-state index in [-0.39, 0.29) is 5.41 Å². The van der Waals surface area contributed by atoms with Gasteiger partial charge in [0, 0.05) is 5.41 Å². The number of aromatic hydroxyl groups is 1. The van der Waals surface area contributed by atoms with Crippen LogP contribution in [0.1, 0.15) is 50.2 Å². The highest BCUT2D eigenvalue weighted by Crippen LogP contribution is 2.60. The van der Waals surface area contributed by atoms with Crippen molar-refractivity contribution in [3.63, 3.8) is 0 Å². The Balaban J connectivity index is 1.92. The molecule has 1 fully saturated rings. The molecule has 4 rings (SSSR count). The molecule has 0 amide bonds. The SMILES string of the molecule is C[C@]12CCc3c(ccc4cc(O)ccc34)[C@H]1CC[C@@]2(C)O. The fraction of sp³-hybridized carbons (Fsp3) is 0.474. The first-order chi connectivity index (χ1) is 9.92. The lowest BCUT2D eigenvalue weighted by molar-refractivity contribution is -0.0494. The average Bonchev–Trinajstić information content (AvgIpc) is 2.69. The lowest BCUT2D eigenvalue weighted by Gasteiger charge is -2.45. The zero-order valence-corrected chi connectivity index (χ0v) is 12.7. The van der Waals surface area contributed by atoms with Crippen LogP contribution in [0.25, 0.3) is 10.8 Å². The van der Waals surface area contributed by atoms with Gasteiger partial charge >= 0.3 is 0 Å². The monoisotopic (exact) mass is 282 g/mol. The molecular formula is C19H22O2. The molecular weight excluding hydrogens is 260 g/mol. The zero-order chi connectivity index (χ0) is 14.8. The number of hydrogen-bond donors (Lipinski definition) is 2. The number of phenols is 1. The second-order valence-corrected chi connectivity index (χ2v) is 7.32. The maximum Gasteiger partial charge on any atom is 0.116 e. The molecule has 21 heavy (non-hydrogen) atoms. The van der Waals surface area contributed by atoms with Gasteiger partial charge in [-0.25, -0.2) is 0 Å². The van der Waals surface area contributed by atoms with Gasteiger partial charge in [-0.15, -0.1) is 0 Å². The summed E-state index contributed by atoms with van der Waals surface area (Å²) in [7, 11) is 0. The first-order valence-corrected chi connectivity index (χ1v) is 7.89. The summed E-state index contributed by atoms with van der Waals surface area (Å²) < 4.78 is 0. The maximum absolute atomic E-state index is 10.8. The van der Waals surface area contributed by atoms with Crippen molar-refractivity contribution < 1.29 is 10.2 Å². The Morgan fingerprint density at radius 2 is 1.90 bits per heavy atom. The highest BCUT2D eigenvalue weighted by atomic mass is 16.3. The van der Waals surface area contributed by atoms with Crippen molar-refractivity contribution in [3.8, 4) is 5.75 Å². The summed E-state index contributed by atoms with van der Waals surface area (Å²) in [6.07, 6.45) is 4.01. The van der Waals surface area contributed by atoms with Crippen molar-refractivity contribution in [3.05, 3.63) is 41.5 Å². The van der Waals surface area contributed by atoms with Crippen molar-refractivity contribution in [2.24, 2.45) is 5.41 Å². The molecule has 1 saturated carbocycles. The van der Waals surface area contributed by atoms with Gasteiger partial charge < -0.3 is 10.2 Å². The molecule has 2 aromatic rings. The van der Waals surface area contributed by atoms with Crippen molar-refractivity contribution in [1.29, 1.82) is 0 Å². The van der Waals surface area contributed by atoms with Gasteiger partial charge in [-0.1, -0.05) is 25.1 Å². The van der Waals surface area contributed by atoms with Crippen LogP contribution in [0.4, 0.5) is 0 Å². The summed E-state index contributed by atoms with van der Waals surface area (Å²) in [5, 5.41) is 22.8. The topological polar surface area (TPSA) is 40.5 Å². The van der Waals surface area contributed by atoms with Crippen LogP contribution in [0, 0.1) is 5.41 Å². The van der Waals surface area contributed by atoms with Crippen LogP contribution in [-0.4, -0.2) is 15.8 Å². The minimum atomic E-state index is -0.556. The number of hydrogen-bond acceptors (Lipinski definition) is 2.